The van der Waals surface area contributed by atoms with Gasteiger partial charge in [0.05, 0.1) is 6.61 Å². The Balaban J connectivity index is 1.73. The zero-order valence-electron chi connectivity index (χ0n) is 13.8. The molecule has 2 rings (SSSR count). The summed E-state index contributed by atoms with van der Waals surface area (Å²) in [4.78, 5) is 15.9. The van der Waals surface area contributed by atoms with Crippen LogP contribution in [-0.2, 0) is 29.1 Å². The van der Waals surface area contributed by atoms with E-state index in [-0.39, 0.29) is 19.3 Å². The summed E-state index contributed by atoms with van der Waals surface area (Å²) in [7, 11) is 0. The van der Waals surface area contributed by atoms with E-state index in [1.165, 1.54) is 0 Å². The Morgan fingerprint density at radius 1 is 1.04 bits per heavy atom. The average molecular weight is 329 g/mol. The largest absolute Gasteiger partial charge is 0.445 e. The van der Waals surface area contributed by atoms with Crippen molar-refractivity contribution in [3.63, 3.8) is 0 Å². The molecule has 0 saturated carbocycles. The summed E-state index contributed by atoms with van der Waals surface area (Å²) in [5.41, 5.74) is 3.18. The third kappa shape index (κ3) is 6.40. The lowest BCUT2D eigenvalue weighted by Crippen LogP contribution is -2.34. The lowest BCUT2D eigenvalue weighted by molar-refractivity contribution is -0.241. The first-order valence-electron chi connectivity index (χ1n) is 7.99. The second kappa shape index (κ2) is 9.70. The van der Waals surface area contributed by atoms with Crippen LogP contribution in [0.25, 0.3) is 0 Å². The fourth-order valence-corrected chi connectivity index (χ4v) is 2.38. The van der Waals surface area contributed by atoms with Gasteiger partial charge in [-0.15, -0.1) is 0 Å². The quantitative estimate of drug-likeness (QED) is 0.574. The second-order valence-corrected chi connectivity index (χ2v) is 5.71. The van der Waals surface area contributed by atoms with Crippen molar-refractivity contribution in [3.05, 3.63) is 71.3 Å². The van der Waals surface area contributed by atoms with Crippen LogP contribution in [0, 0.1) is 0 Å². The Bertz CT molecular complexity index is 613. The Labute approximate surface area is 142 Å². The number of rotatable bonds is 8. The van der Waals surface area contributed by atoms with Crippen LogP contribution < -0.4 is 5.32 Å². The molecule has 2 N–H and O–H groups in total. The molecule has 0 heterocycles. The predicted octanol–water partition coefficient (Wildman–Crippen LogP) is 3.58. The Morgan fingerprint density at radius 2 is 1.71 bits per heavy atom. The van der Waals surface area contributed by atoms with Gasteiger partial charge in [-0.1, -0.05) is 54.6 Å². The van der Waals surface area contributed by atoms with Gasteiger partial charge in [-0.2, -0.15) is 0 Å². The number of amides is 1. The molecule has 0 aliphatic heterocycles. The second-order valence-electron chi connectivity index (χ2n) is 5.71. The molecule has 0 spiro atoms. The van der Waals surface area contributed by atoms with Crippen LogP contribution in [0.4, 0.5) is 4.79 Å². The van der Waals surface area contributed by atoms with Crippen molar-refractivity contribution in [2.24, 2.45) is 0 Å². The monoisotopic (exact) mass is 329 g/mol. The average Bonchev–Trinajstić information content (AvgIpc) is 2.60. The zero-order chi connectivity index (χ0) is 17.2. The lowest BCUT2D eigenvalue weighted by Gasteiger charge is -2.14. The summed E-state index contributed by atoms with van der Waals surface area (Å²) >= 11 is 0. The minimum atomic E-state index is -0.414. The molecule has 1 unspecified atom stereocenters. The third-order valence-electron chi connectivity index (χ3n) is 3.62. The van der Waals surface area contributed by atoms with Crippen molar-refractivity contribution in [1.82, 2.24) is 5.32 Å². The molecule has 24 heavy (non-hydrogen) atoms. The zero-order valence-corrected chi connectivity index (χ0v) is 13.8. The summed E-state index contributed by atoms with van der Waals surface area (Å²) in [6.07, 6.45) is 0.969. The van der Waals surface area contributed by atoms with Gasteiger partial charge in [-0.05, 0) is 36.5 Å². The molecule has 0 fully saturated rings. The van der Waals surface area contributed by atoms with E-state index in [0.29, 0.717) is 6.42 Å². The van der Waals surface area contributed by atoms with E-state index in [1.807, 2.05) is 61.5 Å². The van der Waals surface area contributed by atoms with E-state index >= 15 is 0 Å². The predicted molar refractivity (Wildman–Crippen MR) is 91.7 cm³/mol. The molecule has 2 aromatic rings. The molecule has 0 radical (unpaired) electrons. The first-order valence-corrected chi connectivity index (χ1v) is 7.99. The maximum Gasteiger partial charge on any atom is 0.407 e. The van der Waals surface area contributed by atoms with Crippen LogP contribution in [0.2, 0.25) is 0 Å². The minimum Gasteiger partial charge on any atom is -0.445 e. The maximum atomic E-state index is 11.8. The minimum absolute atomic E-state index is 0.0279. The van der Waals surface area contributed by atoms with Gasteiger partial charge in [0.2, 0.25) is 0 Å². The highest BCUT2D eigenvalue weighted by molar-refractivity contribution is 5.67. The smallest absolute Gasteiger partial charge is 0.407 e. The molecular weight excluding hydrogens is 306 g/mol. The maximum absolute atomic E-state index is 11.8. The summed E-state index contributed by atoms with van der Waals surface area (Å²) < 4.78 is 5.21. The number of hydrogen-bond acceptors (Lipinski definition) is 4. The highest BCUT2D eigenvalue weighted by Gasteiger charge is 2.09. The first kappa shape index (κ1) is 18.0. The van der Waals surface area contributed by atoms with Gasteiger partial charge in [0.25, 0.3) is 0 Å². The van der Waals surface area contributed by atoms with Crippen LogP contribution in [0.3, 0.4) is 0 Å². The van der Waals surface area contributed by atoms with Gasteiger partial charge in [-0.25, -0.2) is 9.68 Å². The number of alkyl carbamates (subject to hydrolysis) is 1. The van der Waals surface area contributed by atoms with Gasteiger partial charge < -0.3 is 10.1 Å². The standard InChI is InChI=1S/C19H23NO4/c1-15(13-17-9-7-16(8-10-17)11-12-24-22)20-19(21)23-14-18-5-3-2-4-6-18/h2-10,15,22H,11-14H2,1H3,(H,20,21). The Morgan fingerprint density at radius 3 is 2.38 bits per heavy atom. The van der Waals surface area contributed by atoms with Crippen molar-refractivity contribution >= 4 is 6.09 Å². The summed E-state index contributed by atoms with van der Waals surface area (Å²) in [6, 6.07) is 17.6. The topological polar surface area (TPSA) is 67.8 Å². The van der Waals surface area contributed by atoms with Crippen molar-refractivity contribution < 1.29 is 19.7 Å². The molecule has 0 saturated heterocycles. The normalized spacial score (nSPS) is 11.8. The molecule has 5 nitrogen and oxygen atoms in total. The Kier molecular flexibility index (Phi) is 7.26. The number of nitrogens with one attached hydrogen (secondary N) is 1. The molecule has 0 aliphatic carbocycles. The van der Waals surface area contributed by atoms with E-state index in [9.17, 15) is 4.79 Å². The van der Waals surface area contributed by atoms with Gasteiger partial charge >= 0.3 is 6.09 Å². The number of carbonyl (C=O) groups is 1. The fourth-order valence-electron chi connectivity index (χ4n) is 2.38. The molecule has 1 atom stereocenters. The lowest BCUT2D eigenvalue weighted by atomic mass is 10.0. The van der Waals surface area contributed by atoms with Crippen LogP contribution >= 0.6 is 0 Å². The van der Waals surface area contributed by atoms with Gasteiger partial charge in [0.1, 0.15) is 6.61 Å². The molecule has 1 amide bonds. The van der Waals surface area contributed by atoms with E-state index < -0.39 is 6.09 Å². The molecule has 5 heteroatoms. The first-order chi connectivity index (χ1) is 11.7. The Hall–Kier alpha value is -2.37. The van der Waals surface area contributed by atoms with E-state index in [1.54, 1.807) is 0 Å². The molecule has 0 aromatic heterocycles. The molecule has 0 aliphatic rings. The van der Waals surface area contributed by atoms with Gasteiger partial charge in [0.15, 0.2) is 0 Å². The van der Waals surface area contributed by atoms with Crippen LogP contribution in [-0.4, -0.2) is 24.0 Å². The summed E-state index contributed by atoms with van der Waals surface area (Å²) in [5, 5.41) is 11.2. The van der Waals surface area contributed by atoms with Crippen molar-refractivity contribution in [2.45, 2.75) is 32.4 Å². The third-order valence-corrected chi connectivity index (χ3v) is 3.62. The van der Waals surface area contributed by atoms with E-state index in [4.69, 9.17) is 9.99 Å². The fraction of sp³-hybridized carbons (Fsp3) is 0.316. The summed E-state index contributed by atoms with van der Waals surface area (Å²) in [5.74, 6) is 0. The number of ether oxygens (including phenoxy) is 1. The highest BCUT2D eigenvalue weighted by Crippen LogP contribution is 2.08. The molecule has 0 bridgehead atoms. The van der Waals surface area contributed by atoms with Crippen molar-refractivity contribution in [3.8, 4) is 0 Å². The van der Waals surface area contributed by atoms with Crippen LogP contribution in [0.5, 0.6) is 0 Å². The van der Waals surface area contributed by atoms with E-state index in [2.05, 4.69) is 10.2 Å². The summed E-state index contributed by atoms with van der Waals surface area (Å²) in [6.45, 7) is 2.49. The SMILES string of the molecule is CC(Cc1ccc(CCOO)cc1)NC(=O)OCc1ccccc1. The van der Waals surface area contributed by atoms with Gasteiger partial charge in [-0.3, -0.25) is 5.26 Å². The number of hydrogen-bond donors (Lipinski definition) is 2. The highest BCUT2D eigenvalue weighted by atomic mass is 17.1. The van der Waals surface area contributed by atoms with Crippen LogP contribution in [0.1, 0.15) is 23.6 Å². The molecule has 128 valence electrons. The molecular formula is C19H23NO4. The number of benzene rings is 2. The molecule has 2 aromatic carbocycles. The van der Waals surface area contributed by atoms with Crippen molar-refractivity contribution in [2.75, 3.05) is 6.61 Å². The van der Waals surface area contributed by atoms with Gasteiger partial charge in [0, 0.05) is 6.04 Å². The number of carbonyl (C=O) groups excluding carboxylic acids is 1. The van der Waals surface area contributed by atoms with Crippen molar-refractivity contribution in [1.29, 1.82) is 0 Å². The van der Waals surface area contributed by atoms with Crippen LogP contribution in [0.15, 0.2) is 54.6 Å². The van der Waals surface area contributed by atoms with E-state index in [0.717, 1.165) is 23.1 Å².